The number of likely N-dealkylation sites (tertiary alicyclic amines) is 1. The highest BCUT2D eigenvalue weighted by atomic mass is 16.2. The molecule has 3 atom stereocenters. The average molecular weight is 315 g/mol. The lowest BCUT2D eigenvalue weighted by Gasteiger charge is -2.35. The first-order valence-electron chi connectivity index (χ1n) is 8.44. The number of carbonyl (C=O) groups is 2. The topological polar surface area (TPSA) is 61.4 Å². The van der Waals surface area contributed by atoms with Crippen molar-refractivity contribution >= 4 is 17.6 Å². The molecule has 0 spiro atoms. The van der Waals surface area contributed by atoms with E-state index in [4.69, 9.17) is 0 Å². The standard InChI is InChI=1S/C18H25N3O2/c1-12-7-13(2)11-21(10-12)18(23)19-9-14-8-17(22)20-16-6-4-3-5-15(14)16/h3-6,12-14H,7-11H2,1-2H3,(H,19,23)(H,20,22)/t12-,13+,14-/m1/s1. The number of para-hydroxylation sites is 1. The second-order valence-corrected chi connectivity index (χ2v) is 7.07. The summed E-state index contributed by atoms with van der Waals surface area (Å²) >= 11 is 0. The summed E-state index contributed by atoms with van der Waals surface area (Å²) in [5.74, 6) is 1.16. The number of nitrogens with one attached hydrogen (secondary N) is 2. The Labute approximate surface area is 137 Å². The van der Waals surface area contributed by atoms with Crippen LogP contribution < -0.4 is 10.6 Å². The Kier molecular flexibility index (Phi) is 4.55. The maximum absolute atomic E-state index is 12.4. The van der Waals surface area contributed by atoms with Gasteiger partial charge in [-0.3, -0.25) is 4.79 Å². The molecule has 0 saturated carbocycles. The molecule has 0 unspecified atom stereocenters. The van der Waals surface area contributed by atoms with Crippen molar-refractivity contribution in [2.75, 3.05) is 25.0 Å². The van der Waals surface area contributed by atoms with Gasteiger partial charge in [0.15, 0.2) is 0 Å². The fourth-order valence-corrected chi connectivity index (χ4v) is 3.84. The highest BCUT2D eigenvalue weighted by Gasteiger charge is 2.28. The lowest BCUT2D eigenvalue weighted by Crippen LogP contribution is -2.48. The van der Waals surface area contributed by atoms with E-state index in [9.17, 15) is 9.59 Å². The van der Waals surface area contributed by atoms with E-state index in [1.165, 1.54) is 6.42 Å². The van der Waals surface area contributed by atoms with Gasteiger partial charge in [0.2, 0.25) is 5.91 Å². The lowest BCUT2D eigenvalue weighted by molar-refractivity contribution is -0.116. The van der Waals surface area contributed by atoms with Crippen LogP contribution in [-0.2, 0) is 4.79 Å². The Balaban J connectivity index is 1.62. The minimum Gasteiger partial charge on any atom is -0.337 e. The van der Waals surface area contributed by atoms with Gasteiger partial charge in [0.1, 0.15) is 0 Å². The summed E-state index contributed by atoms with van der Waals surface area (Å²) in [6.07, 6.45) is 1.60. The minimum atomic E-state index is -0.00753. The number of fused-ring (bicyclic) bond motifs is 1. The van der Waals surface area contributed by atoms with Crippen molar-refractivity contribution in [3.63, 3.8) is 0 Å². The number of amides is 3. The third kappa shape index (κ3) is 3.66. The smallest absolute Gasteiger partial charge is 0.317 e. The number of rotatable bonds is 2. The minimum absolute atomic E-state index is 0.00753. The van der Waals surface area contributed by atoms with Crippen LogP contribution in [0, 0.1) is 11.8 Å². The largest absolute Gasteiger partial charge is 0.337 e. The third-order valence-electron chi connectivity index (χ3n) is 4.76. The first-order valence-corrected chi connectivity index (χ1v) is 8.44. The molecule has 5 heteroatoms. The first-order chi connectivity index (χ1) is 11.0. The molecule has 1 aromatic rings. The number of benzene rings is 1. The Morgan fingerprint density at radius 1 is 1.26 bits per heavy atom. The molecule has 0 aromatic heterocycles. The molecule has 124 valence electrons. The number of carbonyl (C=O) groups excluding carboxylic acids is 2. The fraction of sp³-hybridized carbons (Fsp3) is 0.556. The van der Waals surface area contributed by atoms with Crippen molar-refractivity contribution in [3.8, 4) is 0 Å². The molecule has 0 bridgehead atoms. The fourth-order valence-electron chi connectivity index (χ4n) is 3.84. The number of urea groups is 1. The predicted molar refractivity (Wildman–Crippen MR) is 90.3 cm³/mol. The van der Waals surface area contributed by atoms with Crippen LogP contribution in [0.15, 0.2) is 24.3 Å². The lowest BCUT2D eigenvalue weighted by atomic mass is 9.90. The zero-order chi connectivity index (χ0) is 16.4. The van der Waals surface area contributed by atoms with Gasteiger partial charge in [-0.05, 0) is 29.9 Å². The summed E-state index contributed by atoms with van der Waals surface area (Å²) in [5.41, 5.74) is 1.97. The molecule has 1 fully saturated rings. The molecule has 2 heterocycles. The van der Waals surface area contributed by atoms with Gasteiger partial charge < -0.3 is 15.5 Å². The van der Waals surface area contributed by atoms with E-state index >= 15 is 0 Å². The van der Waals surface area contributed by atoms with E-state index in [-0.39, 0.29) is 17.9 Å². The molecule has 3 rings (SSSR count). The summed E-state index contributed by atoms with van der Waals surface area (Å²) < 4.78 is 0. The van der Waals surface area contributed by atoms with Gasteiger partial charge in [-0.1, -0.05) is 32.0 Å². The van der Waals surface area contributed by atoms with Crippen molar-refractivity contribution in [1.82, 2.24) is 10.2 Å². The van der Waals surface area contributed by atoms with Crippen molar-refractivity contribution in [2.45, 2.75) is 32.6 Å². The highest BCUT2D eigenvalue weighted by Crippen LogP contribution is 2.31. The molecule has 23 heavy (non-hydrogen) atoms. The zero-order valence-electron chi connectivity index (χ0n) is 13.8. The van der Waals surface area contributed by atoms with Crippen LogP contribution in [0.5, 0.6) is 0 Å². The van der Waals surface area contributed by atoms with Crippen LogP contribution in [0.25, 0.3) is 0 Å². The number of hydrogen-bond donors (Lipinski definition) is 2. The second kappa shape index (κ2) is 6.60. The second-order valence-electron chi connectivity index (χ2n) is 7.07. The molecule has 0 radical (unpaired) electrons. The summed E-state index contributed by atoms with van der Waals surface area (Å²) in [4.78, 5) is 26.2. The Morgan fingerprint density at radius 2 is 1.96 bits per heavy atom. The van der Waals surface area contributed by atoms with Gasteiger partial charge in [-0.2, -0.15) is 0 Å². The monoisotopic (exact) mass is 315 g/mol. The molecule has 1 saturated heterocycles. The van der Waals surface area contributed by atoms with Crippen molar-refractivity contribution in [2.24, 2.45) is 11.8 Å². The van der Waals surface area contributed by atoms with Crippen molar-refractivity contribution in [1.29, 1.82) is 0 Å². The third-order valence-corrected chi connectivity index (χ3v) is 4.76. The molecule has 3 amide bonds. The summed E-state index contributed by atoms with van der Waals surface area (Å²) in [5, 5.41) is 5.92. The van der Waals surface area contributed by atoms with E-state index < -0.39 is 0 Å². The molecule has 0 aliphatic carbocycles. The van der Waals surface area contributed by atoms with E-state index in [1.807, 2.05) is 29.2 Å². The number of anilines is 1. The molecule has 2 N–H and O–H groups in total. The van der Waals surface area contributed by atoms with Crippen LogP contribution >= 0.6 is 0 Å². The van der Waals surface area contributed by atoms with E-state index in [2.05, 4.69) is 24.5 Å². The molecular formula is C18H25N3O2. The van der Waals surface area contributed by atoms with E-state index in [1.54, 1.807) is 0 Å². The normalized spacial score (nSPS) is 27.1. The number of hydrogen-bond acceptors (Lipinski definition) is 2. The van der Waals surface area contributed by atoms with Gasteiger partial charge in [-0.25, -0.2) is 4.79 Å². The predicted octanol–water partition coefficient (Wildman–Crippen LogP) is 2.80. The van der Waals surface area contributed by atoms with Crippen LogP contribution in [0.4, 0.5) is 10.5 Å². The Hall–Kier alpha value is -2.04. The van der Waals surface area contributed by atoms with E-state index in [0.29, 0.717) is 24.8 Å². The quantitative estimate of drug-likeness (QED) is 0.881. The van der Waals surface area contributed by atoms with Crippen molar-refractivity contribution < 1.29 is 9.59 Å². The SMILES string of the molecule is C[C@@H]1C[C@H](C)CN(C(=O)NC[C@H]2CC(=O)Nc3ccccc32)C1. The maximum atomic E-state index is 12.4. The van der Waals surface area contributed by atoms with Crippen LogP contribution in [-0.4, -0.2) is 36.5 Å². The molecular weight excluding hydrogens is 290 g/mol. The summed E-state index contributed by atoms with van der Waals surface area (Å²) in [6.45, 7) is 6.52. The van der Waals surface area contributed by atoms with E-state index in [0.717, 1.165) is 24.3 Å². The molecule has 2 aliphatic rings. The first kappa shape index (κ1) is 15.8. The van der Waals surface area contributed by atoms with Gasteiger partial charge in [-0.15, -0.1) is 0 Å². The van der Waals surface area contributed by atoms with Gasteiger partial charge >= 0.3 is 6.03 Å². The van der Waals surface area contributed by atoms with Gasteiger partial charge in [0.05, 0.1) is 0 Å². The molecule has 1 aromatic carbocycles. The number of nitrogens with zero attached hydrogens (tertiary/aromatic N) is 1. The molecule has 2 aliphatic heterocycles. The van der Waals surface area contributed by atoms with Crippen LogP contribution in [0.3, 0.4) is 0 Å². The van der Waals surface area contributed by atoms with Crippen molar-refractivity contribution in [3.05, 3.63) is 29.8 Å². The summed E-state index contributed by atoms with van der Waals surface area (Å²) in [6, 6.07) is 7.81. The Bertz CT molecular complexity index is 592. The van der Waals surface area contributed by atoms with Crippen LogP contribution in [0.1, 0.15) is 38.2 Å². The average Bonchev–Trinajstić information content (AvgIpc) is 2.51. The van der Waals surface area contributed by atoms with Gasteiger partial charge in [0.25, 0.3) is 0 Å². The zero-order valence-corrected chi connectivity index (χ0v) is 13.8. The summed E-state index contributed by atoms with van der Waals surface area (Å²) in [7, 11) is 0. The number of piperidine rings is 1. The highest BCUT2D eigenvalue weighted by molar-refractivity contribution is 5.94. The molecule has 5 nitrogen and oxygen atoms in total. The van der Waals surface area contributed by atoms with Crippen LogP contribution in [0.2, 0.25) is 0 Å². The maximum Gasteiger partial charge on any atom is 0.317 e. The van der Waals surface area contributed by atoms with Gasteiger partial charge in [0, 0.05) is 37.7 Å². The Morgan fingerprint density at radius 3 is 2.70 bits per heavy atom.